The maximum absolute atomic E-state index is 9.26. The second kappa shape index (κ2) is 2.87. The van der Waals surface area contributed by atoms with Crippen LogP contribution in [0.4, 0.5) is 0 Å². The Morgan fingerprint density at radius 2 is 2.55 bits per heavy atom. The van der Waals surface area contributed by atoms with E-state index in [0.29, 0.717) is 5.92 Å². The van der Waals surface area contributed by atoms with E-state index in [2.05, 4.69) is 8.75 Å². The van der Waals surface area contributed by atoms with Gasteiger partial charge in [0, 0.05) is 0 Å². The molecular weight excluding hydrogens is 160 g/mol. The Hall–Kier alpha value is -0.480. The average molecular weight is 170 g/mol. The molecule has 1 fully saturated rings. The highest BCUT2D eigenvalue weighted by molar-refractivity contribution is 6.99. The van der Waals surface area contributed by atoms with E-state index in [4.69, 9.17) is 0 Å². The van der Waals surface area contributed by atoms with Gasteiger partial charge in [-0.3, -0.25) is 0 Å². The molecule has 1 N–H and O–H groups in total. The van der Waals surface area contributed by atoms with Crippen molar-refractivity contribution >= 4 is 11.7 Å². The molecular formula is C7H10N2OS. The number of rotatable bonds is 2. The molecule has 1 saturated carbocycles. The summed E-state index contributed by atoms with van der Waals surface area (Å²) in [5.74, 6) is 0.443. The van der Waals surface area contributed by atoms with Crippen LogP contribution in [0.5, 0.6) is 0 Å². The van der Waals surface area contributed by atoms with Crippen LogP contribution in [0.25, 0.3) is 0 Å². The molecule has 1 heterocycles. The Kier molecular flexibility index (Phi) is 1.87. The molecule has 0 aliphatic heterocycles. The first-order valence-corrected chi connectivity index (χ1v) is 4.54. The van der Waals surface area contributed by atoms with Gasteiger partial charge in [-0.1, -0.05) is 0 Å². The van der Waals surface area contributed by atoms with E-state index < -0.39 is 0 Å². The first-order valence-electron chi connectivity index (χ1n) is 3.81. The van der Waals surface area contributed by atoms with Crippen molar-refractivity contribution in [3.8, 4) is 0 Å². The van der Waals surface area contributed by atoms with Crippen LogP contribution in [0, 0.1) is 5.92 Å². The minimum atomic E-state index is -0.0864. The molecule has 4 heteroatoms. The summed E-state index contributed by atoms with van der Waals surface area (Å²) >= 11 is 1.24. The molecule has 1 aromatic rings. The van der Waals surface area contributed by atoms with Gasteiger partial charge in [0.15, 0.2) is 0 Å². The summed E-state index contributed by atoms with van der Waals surface area (Å²) in [7, 11) is 0. The van der Waals surface area contributed by atoms with Gasteiger partial charge < -0.3 is 5.11 Å². The van der Waals surface area contributed by atoms with Crippen molar-refractivity contribution in [1.29, 1.82) is 0 Å². The molecule has 0 bridgehead atoms. The molecule has 11 heavy (non-hydrogen) atoms. The fourth-order valence-electron chi connectivity index (χ4n) is 1.33. The third kappa shape index (κ3) is 1.41. The zero-order chi connectivity index (χ0) is 7.68. The van der Waals surface area contributed by atoms with Gasteiger partial charge >= 0.3 is 0 Å². The quantitative estimate of drug-likeness (QED) is 0.715. The summed E-state index contributed by atoms with van der Waals surface area (Å²) in [5, 5.41) is 9.26. The molecule has 3 nitrogen and oxygen atoms in total. The van der Waals surface area contributed by atoms with Crippen molar-refractivity contribution in [1.82, 2.24) is 8.75 Å². The highest BCUT2D eigenvalue weighted by atomic mass is 32.1. The maximum atomic E-state index is 9.26. The minimum Gasteiger partial charge on any atom is -0.393 e. The van der Waals surface area contributed by atoms with Crippen molar-refractivity contribution in [2.24, 2.45) is 5.92 Å². The van der Waals surface area contributed by atoms with Crippen LogP contribution in [0.3, 0.4) is 0 Å². The molecule has 1 aliphatic carbocycles. The lowest BCUT2D eigenvalue weighted by molar-refractivity contribution is 0.0240. The smallest absolute Gasteiger partial charge is 0.0746 e. The van der Waals surface area contributed by atoms with Crippen molar-refractivity contribution in [2.75, 3.05) is 0 Å². The van der Waals surface area contributed by atoms with E-state index in [0.717, 1.165) is 25.0 Å². The van der Waals surface area contributed by atoms with Crippen molar-refractivity contribution in [3.63, 3.8) is 0 Å². The van der Waals surface area contributed by atoms with E-state index in [-0.39, 0.29) is 6.10 Å². The molecule has 0 aromatic carbocycles. The SMILES string of the molecule is OC1CCC1Cc1cnsn1. The molecule has 0 radical (unpaired) electrons. The fourth-order valence-corrected chi connectivity index (χ4v) is 1.77. The third-order valence-corrected chi connectivity index (χ3v) is 2.77. The first-order chi connectivity index (χ1) is 5.36. The molecule has 0 spiro atoms. The molecule has 1 aromatic heterocycles. The molecule has 0 saturated heterocycles. The predicted molar refractivity (Wildman–Crippen MR) is 42.3 cm³/mol. The number of aliphatic hydroxyl groups is 1. The van der Waals surface area contributed by atoms with Crippen LogP contribution < -0.4 is 0 Å². The van der Waals surface area contributed by atoms with Crippen LogP contribution in [0.1, 0.15) is 18.5 Å². The monoisotopic (exact) mass is 170 g/mol. The second-order valence-electron chi connectivity index (χ2n) is 3.01. The second-order valence-corrected chi connectivity index (χ2v) is 3.56. The Morgan fingerprint density at radius 3 is 3.00 bits per heavy atom. The topological polar surface area (TPSA) is 46.0 Å². The molecule has 1 aliphatic rings. The summed E-state index contributed by atoms with van der Waals surface area (Å²) < 4.78 is 8.00. The minimum absolute atomic E-state index is 0.0864. The molecule has 60 valence electrons. The van der Waals surface area contributed by atoms with Crippen LogP contribution in [-0.4, -0.2) is 20.0 Å². The lowest BCUT2D eigenvalue weighted by Crippen LogP contribution is -2.32. The van der Waals surface area contributed by atoms with Crippen molar-refractivity contribution < 1.29 is 5.11 Å². The van der Waals surface area contributed by atoms with Crippen LogP contribution in [-0.2, 0) is 6.42 Å². The lowest BCUT2D eigenvalue weighted by Gasteiger charge is -2.31. The Balaban J connectivity index is 1.91. The van der Waals surface area contributed by atoms with E-state index in [9.17, 15) is 5.11 Å². The molecule has 2 unspecified atom stereocenters. The van der Waals surface area contributed by atoms with Gasteiger partial charge in [0.25, 0.3) is 0 Å². The summed E-state index contributed by atoms with van der Waals surface area (Å²) in [4.78, 5) is 0. The third-order valence-electron chi connectivity index (χ3n) is 2.26. The van der Waals surface area contributed by atoms with Gasteiger partial charge in [0.2, 0.25) is 0 Å². The van der Waals surface area contributed by atoms with Crippen LogP contribution in [0.15, 0.2) is 6.20 Å². The standard InChI is InChI=1S/C7H10N2OS/c10-7-2-1-5(7)3-6-4-8-11-9-6/h4-5,7,10H,1-3H2. The van der Waals surface area contributed by atoms with Gasteiger partial charge in [-0.15, -0.1) is 0 Å². The zero-order valence-electron chi connectivity index (χ0n) is 6.10. The number of aromatic nitrogens is 2. The summed E-state index contributed by atoms with van der Waals surface area (Å²) in [5.41, 5.74) is 1.03. The highest BCUT2D eigenvalue weighted by Crippen LogP contribution is 2.29. The maximum Gasteiger partial charge on any atom is 0.0746 e. The fraction of sp³-hybridized carbons (Fsp3) is 0.714. The van der Waals surface area contributed by atoms with E-state index in [1.165, 1.54) is 11.7 Å². The highest BCUT2D eigenvalue weighted by Gasteiger charge is 2.29. The van der Waals surface area contributed by atoms with E-state index in [1.54, 1.807) is 6.20 Å². The van der Waals surface area contributed by atoms with E-state index in [1.807, 2.05) is 0 Å². The zero-order valence-corrected chi connectivity index (χ0v) is 6.92. The Bertz CT molecular complexity index is 224. The normalized spacial score (nSPS) is 29.9. The number of aliphatic hydroxyl groups excluding tert-OH is 1. The largest absolute Gasteiger partial charge is 0.393 e. The number of hydrogen-bond donors (Lipinski definition) is 1. The van der Waals surface area contributed by atoms with Crippen LogP contribution >= 0.6 is 11.7 Å². The van der Waals surface area contributed by atoms with Crippen molar-refractivity contribution in [3.05, 3.63) is 11.9 Å². The molecule has 2 atom stereocenters. The lowest BCUT2D eigenvalue weighted by atomic mass is 9.79. The van der Waals surface area contributed by atoms with Gasteiger partial charge in [0.1, 0.15) is 0 Å². The van der Waals surface area contributed by atoms with Crippen LogP contribution in [0.2, 0.25) is 0 Å². The predicted octanol–water partition coefficient (Wildman–Crippen LogP) is 0.852. The summed E-state index contributed by atoms with van der Waals surface area (Å²) in [6, 6.07) is 0. The first kappa shape index (κ1) is 7.18. The molecule has 0 amide bonds. The van der Waals surface area contributed by atoms with E-state index >= 15 is 0 Å². The summed E-state index contributed by atoms with van der Waals surface area (Å²) in [6.45, 7) is 0. The number of nitrogens with zero attached hydrogens (tertiary/aromatic N) is 2. The van der Waals surface area contributed by atoms with Crippen molar-refractivity contribution in [2.45, 2.75) is 25.4 Å². The summed E-state index contributed by atoms with van der Waals surface area (Å²) in [6.07, 6.45) is 4.70. The van der Waals surface area contributed by atoms with Gasteiger partial charge in [-0.2, -0.15) is 8.75 Å². The van der Waals surface area contributed by atoms with Gasteiger partial charge in [-0.25, -0.2) is 0 Å². The molecule has 2 rings (SSSR count). The average Bonchev–Trinajstić information content (AvgIpc) is 2.49. The number of hydrogen-bond acceptors (Lipinski definition) is 4. The Labute approximate surface area is 69.4 Å². The van der Waals surface area contributed by atoms with Gasteiger partial charge in [-0.05, 0) is 25.2 Å². The Morgan fingerprint density at radius 1 is 1.64 bits per heavy atom. The van der Waals surface area contributed by atoms with Gasteiger partial charge in [0.05, 0.1) is 29.7 Å².